The monoisotopic (exact) mass is 284 g/mol. The number of amides is 1. The fourth-order valence-electron chi connectivity index (χ4n) is 1.72. The fraction of sp³-hybridized carbons (Fsp3) is 0.273. The van der Waals surface area contributed by atoms with Gasteiger partial charge in [0.05, 0.1) is 22.8 Å². The molecule has 7 nitrogen and oxygen atoms in total. The Morgan fingerprint density at radius 2 is 2.00 bits per heavy atom. The first-order valence-corrected chi connectivity index (χ1v) is 6.89. The molecule has 0 saturated carbocycles. The third-order valence-corrected chi connectivity index (χ3v) is 4.67. The van der Waals surface area contributed by atoms with Crippen molar-refractivity contribution in [1.82, 2.24) is 4.31 Å². The number of rotatable bonds is 4. The highest BCUT2D eigenvalue weighted by Gasteiger charge is 2.30. The van der Waals surface area contributed by atoms with E-state index < -0.39 is 21.7 Å². The normalized spacial score (nSPS) is 14.7. The van der Waals surface area contributed by atoms with Gasteiger partial charge in [-0.05, 0) is 18.2 Å². The molecule has 0 aliphatic carbocycles. The summed E-state index contributed by atoms with van der Waals surface area (Å²) in [4.78, 5) is 22.6. The average molecular weight is 284 g/mol. The van der Waals surface area contributed by atoms with Crippen LogP contribution in [0.25, 0.3) is 0 Å². The van der Waals surface area contributed by atoms with Crippen LogP contribution in [0.3, 0.4) is 0 Å². The van der Waals surface area contributed by atoms with Gasteiger partial charge in [0, 0.05) is 13.6 Å². The van der Waals surface area contributed by atoms with Crippen LogP contribution in [-0.4, -0.2) is 49.7 Å². The van der Waals surface area contributed by atoms with Gasteiger partial charge in [-0.1, -0.05) is 0 Å². The number of Topliss-reactive ketones (excluding diaryl/α,β-unsaturated/α-hetero) is 1. The number of fused-ring (bicyclic) bond motifs is 1. The zero-order valence-electron chi connectivity index (χ0n) is 10.1. The highest BCUT2D eigenvalue weighted by Crippen LogP contribution is 2.26. The van der Waals surface area contributed by atoms with Crippen LogP contribution >= 0.6 is 0 Å². The summed E-state index contributed by atoms with van der Waals surface area (Å²) in [6.07, 6.45) is 0. The summed E-state index contributed by atoms with van der Waals surface area (Å²) in [7, 11) is -2.46. The number of aliphatic hydroxyl groups is 1. The van der Waals surface area contributed by atoms with Crippen LogP contribution in [-0.2, 0) is 14.8 Å². The van der Waals surface area contributed by atoms with Crippen molar-refractivity contribution >= 4 is 27.4 Å². The molecule has 0 bridgehead atoms. The topological polar surface area (TPSA) is 104 Å². The van der Waals surface area contributed by atoms with Crippen molar-refractivity contribution in [3.63, 3.8) is 0 Å². The van der Waals surface area contributed by atoms with Gasteiger partial charge in [0.25, 0.3) is 11.7 Å². The number of hydrogen-bond donors (Lipinski definition) is 2. The number of nitrogens with one attached hydrogen (secondary N) is 1. The molecule has 19 heavy (non-hydrogen) atoms. The Morgan fingerprint density at radius 3 is 2.63 bits per heavy atom. The third-order valence-electron chi connectivity index (χ3n) is 2.81. The Kier molecular flexibility index (Phi) is 3.40. The Hall–Kier alpha value is -1.77. The van der Waals surface area contributed by atoms with Gasteiger partial charge in [-0.3, -0.25) is 9.59 Å². The van der Waals surface area contributed by atoms with Crippen molar-refractivity contribution < 1.29 is 23.1 Å². The second-order valence-corrected chi connectivity index (χ2v) is 6.09. The molecule has 1 aromatic rings. The number of nitrogens with zero attached hydrogens (tertiary/aromatic N) is 1. The molecule has 0 radical (unpaired) electrons. The second kappa shape index (κ2) is 4.72. The summed E-state index contributed by atoms with van der Waals surface area (Å²) in [5.41, 5.74) is 0.349. The molecule has 0 atom stereocenters. The maximum Gasteiger partial charge on any atom is 0.296 e. The predicted molar refractivity (Wildman–Crippen MR) is 66.3 cm³/mol. The fourth-order valence-corrected chi connectivity index (χ4v) is 2.91. The molecule has 1 heterocycles. The average Bonchev–Trinajstić information content (AvgIpc) is 2.65. The van der Waals surface area contributed by atoms with E-state index in [0.29, 0.717) is 5.69 Å². The molecule has 8 heteroatoms. The van der Waals surface area contributed by atoms with Crippen molar-refractivity contribution in [2.45, 2.75) is 4.90 Å². The summed E-state index contributed by atoms with van der Waals surface area (Å²) in [6, 6.07) is 3.84. The predicted octanol–water partition coefficient (Wildman–Crippen LogP) is -0.566. The maximum atomic E-state index is 12.1. The summed E-state index contributed by atoms with van der Waals surface area (Å²) < 4.78 is 25.2. The number of anilines is 1. The van der Waals surface area contributed by atoms with Crippen LogP contribution in [0.4, 0.5) is 5.69 Å². The lowest BCUT2D eigenvalue weighted by Crippen LogP contribution is -2.29. The molecule has 0 saturated heterocycles. The third kappa shape index (κ3) is 2.25. The van der Waals surface area contributed by atoms with E-state index in [0.717, 1.165) is 4.31 Å². The van der Waals surface area contributed by atoms with Crippen molar-refractivity contribution in [2.75, 3.05) is 25.5 Å². The van der Waals surface area contributed by atoms with Crippen LogP contribution in [0.2, 0.25) is 0 Å². The van der Waals surface area contributed by atoms with E-state index in [1.54, 1.807) is 0 Å². The smallest absolute Gasteiger partial charge is 0.296 e. The van der Waals surface area contributed by atoms with Crippen molar-refractivity contribution in [3.05, 3.63) is 23.8 Å². The lowest BCUT2D eigenvalue weighted by atomic mass is 10.1. The van der Waals surface area contributed by atoms with E-state index in [1.165, 1.54) is 25.2 Å². The summed E-state index contributed by atoms with van der Waals surface area (Å²) >= 11 is 0. The van der Waals surface area contributed by atoms with E-state index in [9.17, 15) is 18.0 Å². The molecular formula is C11H12N2O5S. The van der Waals surface area contributed by atoms with Crippen LogP contribution in [0.5, 0.6) is 0 Å². The summed E-state index contributed by atoms with van der Waals surface area (Å²) in [5.74, 6) is -1.52. The first-order chi connectivity index (χ1) is 8.87. The molecule has 102 valence electrons. The molecule has 1 aliphatic rings. The zero-order valence-corrected chi connectivity index (χ0v) is 10.9. The van der Waals surface area contributed by atoms with Crippen molar-refractivity contribution in [2.24, 2.45) is 0 Å². The number of carbonyl (C=O) groups excluding carboxylic acids is 2. The quantitative estimate of drug-likeness (QED) is 0.721. The lowest BCUT2D eigenvalue weighted by Gasteiger charge is -2.16. The first-order valence-electron chi connectivity index (χ1n) is 5.45. The molecule has 0 spiro atoms. The van der Waals surface area contributed by atoms with Crippen LogP contribution in [0.1, 0.15) is 10.4 Å². The molecule has 0 fully saturated rings. The van der Waals surface area contributed by atoms with Gasteiger partial charge in [0.1, 0.15) is 0 Å². The number of carbonyl (C=O) groups is 2. The summed E-state index contributed by atoms with van der Waals surface area (Å²) in [6.45, 7) is -0.357. The van der Waals surface area contributed by atoms with Gasteiger partial charge in [0.2, 0.25) is 10.0 Å². The number of sulfonamides is 1. The minimum absolute atomic E-state index is 0.0449. The van der Waals surface area contributed by atoms with Gasteiger partial charge >= 0.3 is 0 Å². The van der Waals surface area contributed by atoms with Crippen LogP contribution in [0, 0.1) is 0 Å². The van der Waals surface area contributed by atoms with E-state index in [-0.39, 0.29) is 23.6 Å². The Morgan fingerprint density at radius 1 is 1.32 bits per heavy atom. The number of ketones is 1. The molecule has 1 aromatic carbocycles. The van der Waals surface area contributed by atoms with Gasteiger partial charge in [-0.2, -0.15) is 4.31 Å². The molecule has 1 amide bonds. The van der Waals surface area contributed by atoms with E-state index in [4.69, 9.17) is 5.11 Å². The number of benzene rings is 1. The molecule has 1 aliphatic heterocycles. The lowest BCUT2D eigenvalue weighted by molar-refractivity contribution is -0.112. The van der Waals surface area contributed by atoms with E-state index >= 15 is 0 Å². The molecule has 0 aromatic heterocycles. The highest BCUT2D eigenvalue weighted by molar-refractivity contribution is 7.89. The van der Waals surface area contributed by atoms with Crippen LogP contribution in [0.15, 0.2) is 23.1 Å². The van der Waals surface area contributed by atoms with Gasteiger partial charge < -0.3 is 10.4 Å². The molecule has 0 unspecified atom stereocenters. The Labute approximate surface area is 109 Å². The van der Waals surface area contributed by atoms with Gasteiger partial charge in [-0.25, -0.2) is 8.42 Å². The second-order valence-electron chi connectivity index (χ2n) is 4.04. The maximum absolute atomic E-state index is 12.1. The number of likely N-dealkylation sites (N-methyl/N-ethyl adjacent to an activating group) is 1. The van der Waals surface area contributed by atoms with E-state index in [1.807, 2.05) is 0 Å². The van der Waals surface area contributed by atoms with Gasteiger partial charge in [-0.15, -0.1) is 0 Å². The van der Waals surface area contributed by atoms with Crippen LogP contribution < -0.4 is 5.32 Å². The number of aliphatic hydroxyl groups excluding tert-OH is 1. The van der Waals surface area contributed by atoms with Crippen molar-refractivity contribution in [3.8, 4) is 0 Å². The largest absolute Gasteiger partial charge is 0.395 e. The summed E-state index contributed by atoms with van der Waals surface area (Å²) in [5, 5.41) is 11.1. The standard InChI is InChI=1S/C11H12N2O5S/c1-13(4-5-14)19(17,18)7-2-3-9-8(6-7)10(15)11(16)12-9/h2-3,6,14H,4-5H2,1H3,(H,12,15,16). The minimum atomic E-state index is -3.78. The molecule has 2 N–H and O–H groups in total. The molecular weight excluding hydrogens is 272 g/mol. The number of hydrogen-bond acceptors (Lipinski definition) is 5. The first kappa shape index (κ1) is 13.7. The Bertz CT molecular complexity index is 653. The van der Waals surface area contributed by atoms with Crippen molar-refractivity contribution in [1.29, 1.82) is 0 Å². The van der Waals surface area contributed by atoms with Gasteiger partial charge in [0.15, 0.2) is 0 Å². The minimum Gasteiger partial charge on any atom is -0.395 e. The highest BCUT2D eigenvalue weighted by atomic mass is 32.2. The molecule has 2 rings (SSSR count). The SMILES string of the molecule is CN(CCO)S(=O)(=O)c1ccc2c(c1)C(=O)C(=O)N2. The van der Waals surface area contributed by atoms with E-state index in [2.05, 4.69) is 5.32 Å². The zero-order chi connectivity index (χ0) is 14.2. The Balaban J connectivity index is 2.44.